The largest absolute Gasteiger partial charge is 0.331 e. The summed E-state index contributed by atoms with van der Waals surface area (Å²) in [6.07, 6.45) is 0. The average molecular weight is 330 g/mol. The maximum atomic E-state index is 5.97. The van der Waals surface area contributed by atoms with Gasteiger partial charge in [-0.2, -0.15) is 0 Å². The molecule has 19 heavy (non-hydrogen) atoms. The summed E-state index contributed by atoms with van der Waals surface area (Å²) in [7, 11) is 0. The van der Waals surface area contributed by atoms with Gasteiger partial charge < -0.3 is 5.32 Å². The van der Waals surface area contributed by atoms with Crippen LogP contribution in [0.25, 0.3) is 10.2 Å². The molecule has 0 saturated carbocycles. The molecule has 0 aliphatic carbocycles. The van der Waals surface area contributed by atoms with Crippen LogP contribution in [0.3, 0.4) is 0 Å². The fraction of sp³-hybridized carbons (Fsp3) is 0. The van der Waals surface area contributed by atoms with Gasteiger partial charge in [-0.3, -0.25) is 0 Å². The second kappa shape index (κ2) is 5.17. The third kappa shape index (κ3) is 2.79. The summed E-state index contributed by atoms with van der Waals surface area (Å²) in [5.41, 5.74) is 1.72. The van der Waals surface area contributed by atoms with E-state index in [4.69, 9.17) is 34.8 Å². The van der Waals surface area contributed by atoms with Crippen molar-refractivity contribution in [3.8, 4) is 0 Å². The molecule has 1 N–H and O–H groups in total. The lowest BCUT2D eigenvalue weighted by atomic mass is 10.3. The molecule has 2 aromatic carbocycles. The van der Waals surface area contributed by atoms with Crippen LogP contribution >= 0.6 is 46.1 Å². The Morgan fingerprint density at radius 2 is 1.79 bits per heavy atom. The van der Waals surface area contributed by atoms with Crippen molar-refractivity contribution in [3.63, 3.8) is 0 Å². The number of hydrogen-bond donors (Lipinski definition) is 1. The maximum Gasteiger partial charge on any atom is 0.188 e. The predicted molar refractivity (Wildman–Crippen MR) is 84.4 cm³/mol. The van der Waals surface area contributed by atoms with Crippen LogP contribution in [0.2, 0.25) is 15.1 Å². The van der Waals surface area contributed by atoms with Crippen molar-refractivity contribution >= 4 is 67.2 Å². The second-order valence-electron chi connectivity index (χ2n) is 3.88. The minimum Gasteiger partial charge on any atom is -0.331 e. The Hall–Kier alpha value is -1.00. The second-order valence-corrected chi connectivity index (χ2v) is 6.17. The minimum atomic E-state index is 0.510. The molecule has 0 aliphatic rings. The molecule has 0 amide bonds. The quantitative estimate of drug-likeness (QED) is 0.623. The smallest absolute Gasteiger partial charge is 0.188 e. The van der Waals surface area contributed by atoms with E-state index in [-0.39, 0.29) is 0 Å². The van der Waals surface area contributed by atoms with Crippen LogP contribution in [0.15, 0.2) is 36.4 Å². The van der Waals surface area contributed by atoms with Crippen LogP contribution in [0.5, 0.6) is 0 Å². The van der Waals surface area contributed by atoms with E-state index in [1.807, 2.05) is 24.3 Å². The Balaban J connectivity index is 1.94. The van der Waals surface area contributed by atoms with Crippen molar-refractivity contribution in [3.05, 3.63) is 51.5 Å². The van der Waals surface area contributed by atoms with Crippen LogP contribution < -0.4 is 5.32 Å². The van der Waals surface area contributed by atoms with Crippen molar-refractivity contribution in [1.82, 2.24) is 4.98 Å². The van der Waals surface area contributed by atoms with E-state index < -0.39 is 0 Å². The zero-order chi connectivity index (χ0) is 13.4. The molecular weight excluding hydrogens is 323 g/mol. The third-order valence-electron chi connectivity index (χ3n) is 2.52. The van der Waals surface area contributed by atoms with Gasteiger partial charge in [0.05, 0.1) is 20.3 Å². The summed E-state index contributed by atoms with van der Waals surface area (Å²) < 4.78 is 1.08. The first-order valence-electron chi connectivity index (χ1n) is 5.40. The van der Waals surface area contributed by atoms with E-state index >= 15 is 0 Å². The Bertz CT molecular complexity index is 755. The molecule has 2 nitrogen and oxygen atoms in total. The topological polar surface area (TPSA) is 24.9 Å². The standard InChI is InChI=1S/C13H7Cl3N2S/c14-7-1-4-12-11(5-7)18-13(19-12)17-8-2-3-9(15)10(16)6-8/h1-6H,(H,17,18). The molecule has 96 valence electrons. The molecule has 6 heteroatoms. The number of rotatable bonds is 2. The fourth-order valence-electron chi connectivity index (χ4n) is 1.65. The van der Waals surface area contributed by atoms with Gasteiger partial charge in [-0.1, -0.05) is 46.1 Å². The normalized spacial score (nSPS) is 10.9. The van der Waals surface area contributed by atoms with Gasteiger partial charge in [0.25, 0.3) is 0 Å². The van der Waals surface area contributed by atoms with E-state index in [9.17, 15) is 0 Å². The summed E-state index contributed by atoms with van der Waals surface area (Å²) in [6, 6.07) is 11.0. The van der Waals surface area contributed by atoms with Gasteiger partial charge in [-0.25, -0.2) is 4.98 Å². The molecular formula is C13H7Cl3N2S. The lowest BCUT2D eigenvalue weighted by Crippen LogP contribution is -1.88. The van der Waals surface area contributed by atoms with Crippen molar-refractivity contribution in [2.24, 2.45) is 0 Å². The number of nitrogens with zero attached hydrogens (tertiary/aromatic N) is 1. The lowest BCUT2D eigenvalue weighted by Gasteiger charge is -2.03. The predicted octanol–water partition coefficient (Wildman–Crippen LogP) is 6.00. The summed E-state index contributed by atoms with van der Waals surface area (Å²) in [4.78, 5) is 4.47. The summed E-state index contributed by atoms with van der Waals surface area (Å²) in [5, 5.41) is 5.71. The first-order chi connectivity index (χ1) is 9.11. The van der Waals surface area contributed by atoms with Gasteiger partial charge in [0.1, 0.15) is 0 Å². The van der Waals surface area contributed by atoms with E-state index in [0.717, 1.165) is 21.0 Å². The van der Waals surface area contributed by atoms with Crippen molar-refractivity contribution in [2.75, 3.05) is 5.32 Å². The minimum absolute atomic E-state index is 0.510. The summed E-state index contributed by atoms with van der Waals surface area (Å²) >= 11 is 19.3. The Kier molecular flexibility index (Phi) is 3.54. The van der Waals surface area contributed by atoms with E-state index in [1.165, 1.54) is 0 Å². The number of thiazole rings is 1. The number of aromatic nitrogens is 1. The average Bonchev–Trinajstić information content (AvgIpc) is 2.75. The van der Waals surface area contributed by atoms with Crippen LogP contribution in [-0.4, -0.2) is 4.98 Å². The highest BCUT2D eigenvalue weighted by atomic mass is 35.5. The van der Waals surface area contributed by atoms with Gasteiger partial charge in [0, 0.05) is 10.7 Å². The highest BCUT2D eigenvalue weighted by molar-refractivity contribution is 7.22. The van der Waals surface area contributed by atoms with Gasteiger partial charge in [0.2, 0.25) is 0 Å². The number of halogens is 3. The Labute approximate surface area is 128 Å². The van der Waals surface area contributed by atoms with E-state index in [1.54, 1.807) is 23.5 Å². The van der Waals surface area contributed by atoms with Crippen LogP contribution in [0.4, 0.5) is 10.8 Å². The monoisotopic (exact) mass is 328 g/mol. The molecule has 0 aliphatic heterocycles. The van der Waals surface area contributed by atoms with E-state index in [2.05, 4.69) is 10.3 Å². The van der Waals surface area contributed by atoms with Gasteiger partial charge in [-0.15, -0.1) is 0 Å². The molecule has 0 unspecified atom stereocenters. The first-order valence-corrected chi connectivity index (χ1v) is 7.35. The molecule has 1 aromatic heterocycles. The van der Waals surface area contributed by atoms with Gasteiger partial charge in [0.15, 0.2) is 5.13 Å². The number of anilines is 2. The molecule has 0 atom stereocenters. The number of benzene rings is 2. The molecule has 0 spiro atoms. The molecule has 3 aromatic rings. The summed E-state index contributed by atoms with van der Waals surface area (Å²) in [5.74, 6) is 0. The van der Waals surface area contributed by atoms with E-state index in [0.29, 0.717) is 15.1 Å². The molecule has 0 radical (unpaired) electrons. The zero-order valence-electron chi connectivity index (χ0n) is 9.45. The first kappa shape index (κ1) is 13.0. The van der Waals surface area contributed by atoms with Crippen molar-refractivity contribution < 1.29 is 0 Å². The molecule has 0 bridgehead atoms. The fourth-order valence-corrected chi connectivity index (χ4v) is 2.98. The van der Waals surface area contributed by atoms with Crippen LogP contribution in [0, 0.1) is 0 Å². The lowest BCUT2D eigenvalue weighted by molar-refractivity contribution is 1.44. The molecule has 3 rings (SSSR count). The highest BCUT2D eigenvalue weighted by Crippen LogP contribution is 2.31. The van der Waals surface area contributed by atoms with Crippen LogP contribution in [-0.2, 0) is 0 Å². The van der Waals surface area contributed by atoms with Gasteiger partial charge >= 0.3 is 0 Å². The Morgan fingerprint density at radius 1 is 0.947 bits per heavy atom. The van der Waals surface area contributed by atoms with Crippen molar-refractivity contribution in [2.45, 2.75) is 0 Å². The number of hydrogen-bond acceptors (Lipinski definition) is 3. The van der Waals surface area contributed by atoms with Crippen LogP contribution in [0.1, 0.15) is 0 Å². The maximum absolute atomic E-state index is 5.97. The Morgan fingerprint density at radius 3 is 2.58 bits per heavy atom. The highest BCUT2D eigenvalue weighted by Gasteiger charge is 2.06. The van der Waals surface area contributed by atoms with Gasteiger partial charge in [-0.05, 0) is 36.4 Å². The molecule has 1 heterocycles. The summed E-state index contributed by atoms with van der Waals surface area (Å²) in [6.45, 7) is 0. The zero-order valence-corrected chi connectivity index (χ0v) is 12.5. The molecule has 0 fully saturated rings. The van der Waals surface area contributed by atoms with Crippen molar-refractivity contribution in [1.29, 1.82) is 0 Å². The SMILES string of the molecule is Clc1ccc2sc(Nc3ccc(Cl)c(Cl)c3)nc2c1. The number of fused-ring (bicyclic) bond motifs is 1. The number of nitrogens with one attached hydrogen (secondary N) is 1. The third-order valence-corrected chi connectivity index (χ3v) is 4.45. The molecule has 0 saturated heterocycles.